The summed E-state index contributed by atoms with van der Waals surface area (Å²) < 4.78 is 5.20. The van der Waals surface area contributed by atoms with Gasteiger partial charge in [-0.15, -0.1) is 0 Å². The van der Waals surface area contributed by atoms with Crippen LogP contribution in [0.15, 0.2) is 42.5 Å². The Morgan fingerprint density at radius 1 is 1.00 bits per heavy atom. The minimum absolute atomic E-state index is 0.00897. The molecule has 21 heavy (non-hydrogen) atoms. The van der Waals surface area contributed by atoms with Crippen LogP contribution in [0.4, 0.5) is 0 Å². The molecule has 3 nitrogen and oxygen atoms in total. The second-order valence-corrected chi connectivity index (χ2v) is 5.54. The van der Waals surface area contributed by atoms with E-state index in [1.165, 1.54) is 0 Å². The molecular formula is C18H18O3. The molecule has 0 saturated heterocycles. The fourth-order valence-electron chi connectivity index (χ4n) is 2.96. The Labute approximate surface area is 123 Å². The molecule has 1 aliphatic rings. The normalized spacial score (nSPS) is 15.2. The maximum Gasteiger partial charge on any atom is 0.309 e. The van der Waals surface area contributed by atoms with Gasteiger partial charge in [0.1, 0.15) is 0 Å². The van der Waals surface area contributed by atoms with E-state index in [1.54, 1.807) is 6.07 Å². The van der Waals surface area contributed by atoms with Crippen LogP contribution in [0.1, 0.15) is 36.0 Å². The first-order valence-corrected chi connectivity index (χ1v) is 7.43. The van der Waals surface area contributed by atoms with E-state index in [4.69, 9.17) is 4.74 Å². The molecule has 1 fully saturated rings. The van der Waals surface area contributed by atoms with Crippen molar-refractivity contribution in [1.29, 1.82) is 0 Å². The number of fused-ring (bicyclic) bond motifs is 1. The zero-order valence-corrected chi connectivity index (χ0v) is 11.9. The molecule has 3 rings (SSSR count). The van der Waals surface area contributed by atoms with Crippen molar-refractivity contribution in [3.63, 3.8) is 0 Å². The number of carbonyl (C=O) groups excluding carboxylic acids is 2. The molecule has 0 heterocycles. The van der Waals surface area contributed by atoms with Crippen LogP contribution >= 0.6 is 0 Å². The number of ketones is 1. The molecule has 0 spiro atoms. The summed E-state index contributed by atoms with van der Waals surface area (Å²) in [7, 11) is 0. The van der Waals surface area contributed by atoms with E-state index < -0.39 is 0 Å². The lowest BCUT2D eigenvalue weighted by Crippen LogP contribution is -2.19. The van der Waals surface area contributed by atoms with Crippen LogP contribution in [-0.2, 0) is 9.53 Å². The first-order valence-electron chi connectivity index (χ1n) is 7.43. The van der Waals surface area contributed by atoms with E-state index >= 15 is 0 Å². The first kappa shape index (κ1) is 13.8. The second kappa shape index (κ2) is 6.08. The SMILES string of the molecule is O=C(COC(=O)C1CCCC1)c1cccc2ccccc12. The molecule has 0 aromatic heterocycles. The Morgan fingerprint density at radius 2 is 1.71 bits per heavy atom. The van der Waals surface area contributed by atoms with Gasteiger partial charge in [0, 0.05) is 5.56 Å². The van der Waals surface area contributed by atoms with Gasteiger partial charge in [-0.2, -0.15) is 0 Å². The van der Waals surface area contributed by atoms with E-state index in [-0.39, 0.29) is 24.3 Å². The number of Topliss-reactive ketones (excluding diaryl/α,β-unsaturated/α-hetero) is 1. The van der Waals surface area contributed by atoms with Crippen molar-refractivity contribution < 1.29 is 14.3 Å². The summed E-state index contributed by atoms with van der Waals surface area (Å²) in [5.74, 6) is -0.371. The van der Waals surface area contributed by atoms with Crippen molar-refractivity contribution in [2.24, 2.45) is 5.92 Å². The Kier molecular flexibility index (Phi) is 4.00. The third kappa shape index (κ3) is 2.97. The monoisotopic (exact) mass is 282 g/mol. The number of hydrogen-bond acceptors (Lipinski definition) is 3. The van der Waals surface area contributed by atoms with E-state index in [0.717, 1.165) is 36.5 Å². The smallest absolute Gasteiger partial charge is 0.309 e. The van der Waals surface area contributed by atoms with E-state index in [2.05, 4.69) is 0 Å². The average Bonchev–Trinajstić information content (AvgIpc) is 3.06. The van der Waals surface area contributed by atoms with E-state index in [9.17, 15) is 9.59 Å². The number of benzene rings is 2. The summed E-state index contributed by atoms with van der Waals surface area (Å²) in [6, 6.07) is 13.3. The fourth-order valence-corrected chi connectivity index (χ4v) is 2.96. The van der Waals surface area contributed by atoms with Crippen LogP contribution in [0.5, 0.6) is 0 Å². The topological polar surface area (TPSA) is 43.4 Å². The first-order chi connectivity index (χ1) is 10.3. The van der Waals surface area contributed by atoms with Crippen molar-refractivity contribution >= 4 is 22.5 Å². The molecule has 2 aromatic rings. The molecule has 0 bridgehead atoms. The molecule has 1 aliphatic carbocycles. The van der Waals surface area contributed by atoms with E-state index in [0.29, 0.717) is 5.56 Å². The lowest BCUT2D eigenvalue weighted by molar-refractivity contribution is -0.147. The predicted molar refractivity (Wildman–Crippen MR) is 81.2 cm³/mol. The van der Waals surface area contributed by atoms with Crippen molar-refractivity contribution in [2.75, 3.05) is 6.61 Å². The van der Waals surface area contributed by atoms with Gasteiger partial charge >= 0.3 is 5.97 Å². The molecule has 3 heteroatoms. The molecule has 2 aromatic carbocycles. The van der Waals surface area contributed by atoms with Crippen LogP contribution in [-0.4, -0.2) is 18.4 Å². The highest BCUT2D eigenvalue weighted by molar-refractivity contribution is 6.09. The summed E-state index contributed by atoms with van der Waals surface area (Å²) in [6.07, 6.45) is 3.94. The van der Waals surface area contributed by atoms with Crippen molar-refractivity contribution in [2.45, 2.75) is 25.7 Å². The number of rotatable bonds is 4. The third-order valence-corrected chi connectivity index (χ3v) is 4.12. The summed E-state index contributed by atoms with van der Waals surface area (Å²) in [5.41, 5.74) is 0.618. The molecular weight excluding hydrogens is 264 g/mol. The molecule has 0 atom stereocenters. The van der Waals surface area contributed by atoms with Crippen LogP contribution in [0.25, 0.3) is 10.8 Å². The number of ether oxygens (including phenoxy) is 1. The van der Waals surface area contributed by atoms with Gasteiger partial charge in [-0.25, -0.2) is 0 Å². The van der Waals surface area contributed by atoms with Crippen molar-refractivity contribution in [3.05, 3.63) is 48.0 Å². The van der Waals surface area contributed by atoms with Crippen molar-refractivity contribution in [3.8, 4) is 0 Å². The van der Waals surface area contributed by atoms with Crippen LogP contribution < -0.4 is 0 Å². The summed E-state index contributed by atoms with van der Waals surface area (Å²) in [5, 5.41) is 1.92. The fraction of sp³-hybridized carbons (Fsp3) is 0.333. The number of carbonyl (C=O) groups is 2. The Balaban J connectivity index is 1.71. The highest BCUT2D eigenvalue weighted by atomic mass is 16.5. The highest BCUT2D eigenvalue weighted by Gasteiger charge is 2.24. The van der Waals surface area contributed by atoms with Gasteiger partial charge in [-0.1, -0.05) is 55.3 Å². The van der Waals surface area contributed by atoms with Gasteiger partial charge in [0.25, 0.3) is 0 Å². The number of hydrogen-bond donors (Lipinski definition) is 0. The second-order valence-electron chi connectivity index (χ2n) is 5.54. The molecule has 1 saturated carbocycles. The highest BCUT2D eigenvalue weighted by Crippen LogP contribution is 2.26. The van der Waals surface area contributed by atoms with Crippen LogP contribution in [0.2, 0.25) is 0 Å². The quantitative estimate of drug-likeness (QED) is 0.633. The zero-order valence-electron chi connectivity index (χ0n) is 11.9. The standard InChI is InChI=1S/C18H18O3/c19-17(12-21-18(20)14-7-1-2-8-14)16-11-5-9-13-6-3-4-10-15(13)16/h3-6,9-11,14H,1-2,7-8,12H2. The van der Waals surface area contributed by atoms with Gasteiger partial charge in [0.2, 0.25) is 5.78 Å². The van der Waals surface area contributed by atoms with Gasteiger partial charge in [0.05, 0.1) is 5.92 Å². The lowest BCUT2D eigenvalue weighted by Gasteiger charge is -2.10. The van der Waals surface area contributed by atoms with Gasteiger partial charge < -0.3 is 4.74 Å². The summed E-state index contributed by atoms with van der Waals surface area (Å²) in [4.78, 5) is 24.2. The largest absolute Gasteiger partial charge is 0.457 e. The molecule has 0 N–H and O–H groups in total. The number of esters is 1. The minimum Gasteiger partial charge on any atom is -0.457 e. The average molecular weight is 282 g/mol. The molecule has 0 radical (unpaired) electrons. The van der Waals surface area contributed by atoms with E-state index in [1.807, 2.05) is 36.4 Å². The maximum atomic E-state index is 12.3. The summed E-state index contributed by atoms with van der Waals surface area (Å²) in [6.45, 7) is -0.163. The maximum absolute atomic E-state index is 12.3. The molecule has 108 valence electrons. The molecule has 0 amide bonds. The Morgan fingerprint density at radius 3 is 2.52 bits per heavy atom. The third-order valence-electron chi connectivity index (χ3n) is 4.12. The minimum atomic E-state index is -0.221. The predicted octanol–water partition coefficient (Wildman–Crippen LogP) is 3.76. The molecule has 0 unspecified atom stereocenters. The Bertz CT molecular complexity index is 664. The van der Waals surface area contributed by atoms with Gasteiger partial charge in [-0.05, 0) is 23.6 Å². The van der Waals surface area contributed by atoms with Crippen LogP contribution in [0.3, 0.4) is 0 Å². The zero-order chi connectivity index (χ0) is 14.7. The van der Waals surface area contributed by atoms with Gasteiger partial charge in [-0.3, -0.25) is 9.59 Å². The molecule has 0 aliphatic heterocycles. The Hall–Kier alpha value is -2.16. The van der Waals surface area contributed by atoms with Crippen LogP contribution in [0, 0.1) is 5.92 Å². The lowest BCUT2D eigenvalue weighted by atomic mass is 10.0. The summed E-state index contributed by atoms with van der Waals surface area (Å²) >= 11 is 0. The van der Waals surface area contributed by atoms with Crippen molar-refractivity contribution in [1.82, 2.24) is 0 Å². The van der Waals surface area contributed by atoms with Gasteiger partial charge in [0.15, 0.2) is 6.61 Å².